The Bertz CT molecular complexity index is 911. The normalized spacial score (nSPS) is 14.0. The highest BCUT2D eigenvalue weighted by molar-refractivity contribution is 5.94. The van der Waals surface area contributed by atoms with E-state index >= 15 is 0 Å². The molecule has 1 fully saturated rings. The maximum atomic E-state index is 12.6. The van der Waals surface area contributed by atoms with Crippen LogP contribution in [0.5, 0.6) is 17.2 Å². The highest BCUT2D eigenvalue weighted by Gasteiger charge is 2.18. The summed E-state index contributed by atoms with van der Waals surface area (Å²) in [6, 6.07) is 13.5. The van der Waals surface area contributed by atoms with Crippen LogP contribution in [0.2, 0.25) is 0 Å². The summed E-state index contributed by atoms with van der Waals surface area (Å²) >= 11 is 0. The van der Waals surface area contributed by atoms with Crippen LogP contribution in [0.4, 0.5) is 0 Å². The van der Waals surface area contributed by atoms with Gasteiger partial charge in [-0.05, 0) is 55.8 Å². The molecule has 1 saturated heterocycles. The van der Waals surface area contributed by atoms with Gasteiger partial charge in [-0.25, -0.2) is 0 Å². The second-order valence-corrected chi connectivity index (χ2v) is 7.97. The van der Waals surface area contributed by atoms with Crippen molar-refractivity contribution in [1.29, 1.82) is 0 Å². The van der Waals surface area contributed by atoms with E-state index in [0.717, 1.165) is 43.9 Å². The summed E-state index contributed by atoms with van der Waals surface area (Å²) in [4.78, 5) is 15.0. The van der Waals surface area contributed by atoms with E-state index in [1.807, 2.05) is 24.3 Å². The van der Waals surface area contributed by atoms with Crippen molar-refractivity contribution in [3.8, 4) is 17.2 Å². The molecule has 1 aliphatic rings. The molecule has 2 aromatic rings. The van der Waals surface area contributed by atoms with E-state index in [-0.39, 0.29) is 5.91 Å². The molecule has 0 atom stereocenters. The summed E-state index contributed by atoms with van der Waals surface area (Å²) in [6.07, 6.45) is 3.80. The van der Waals surface area contributed by atoms with Crippen LogP contribution in [0.15, 0.2) is 55.1 Å². The zero-order chi connectivity index (χ0) is 23.5. The van der Waals surface area contributed by atoms with Gasteiger partial charge in [0.2, 0.25) is 0 Å². The van der Waals surface area contributed by atoms with Crippen LogP contribution in [-0.4, -0.2) is 64.0 Å². The van der Waals surface area contributed by atoms with Crippen LogP contribution < -0.4 is 19.5 Å². The van der Waals surface area contributed by atoms with E-state index in [2.05, 4.69) is 23.8 Å². The van der Waals surface area contributed by atoms with Crippen molar-refractivity contribution in [2.24, 2.45) is 0 Å². The monoisotopic (exact) mass is 454 g/mol. The second-order valence-electron chi connectivity index (χ2n) is 7.97. The van der Waals surface area contributed by atoms with Gasteiger partial charge >= 0.3 is 0 Å². The molecule has 178 valence electrons. The van der Waals surface area contributed by atoms with Gasteiger partial charge in [-0.3, -0.25) is 9.69 Å². The zero-order valence-electron chi connectivity index (χ0n) is 19.5. The first-order chi connectivity index (χ1) is 16.1. The number of ether oxygens (including phenoxy) is 4. The molecule has 7 nitrogen and oxygen atoms in total. The topological polar surface area (TPSA) is 69.3 Å². The summed E-state index contributed by atoms with van der Waals surface area (Å²) in [5.74, 6) is 1.69. The Kier molecular flexibility index (Phi) is 9.59. The number of carbonyl (C=O) groups excluding carboxylic acids is 1. The Morgan fingerprint density at radius 2 is 2.00 bits per heavy atom. The number of rotatable bonds is 12. The highest BCUT2D eigenvalue weighted by Crippen LogP contribution is 2.28. The van der Waals surface area contributed by atoms with E-state index in [1.54, 1.807) is 31.4 Å². The molecule has 0 aromatic heterocycles. The van der Waals surface area contributed by atoms with Gasteiger partial charge in [0.1, 0.15) is 19.0 Å². The fraction of sp³-hybridized carbons (Fsp3) is 0.423. The third-order valence-corrected chi connectivity index (χ3v) is 5.66. The smallest absolute Gasteiger partial charge is 0.251 e. The summed E-state index contributed by atoms with van der Waals surface area (Å²) in [6.45, 7) is 7.55. The number of hydrogen-bond donors (Lipinski definition) is 1. The predicted octanol–water partition coefficient (Wildman–Crippen LogP) is 3.68. The van der Waals surface area contributed by atoms with Crippen LogP contribution in [0.3, 0.4) is 0 Å². The fourth-order valence-electron chi connectivity index (χ4n) is 3.72. The molecule has 7 heteroatoms. The molecule has 0 spiro atoms. The molecule has 1 aliphatic heterocycles. The van der Waals surface area contributed by atoms with Crippen LogP contribution >= 0.6 is 0 Å². The van der Waals surface area contributed by atoms with Gasteiger partial charge < -0.3 is 24.3 Å². The molecule has 0 bridgehead atoms. The van der Waals surface area contributed by atoms with E-state index in [0.29, 0.717) is 42.9 Å². The van der Waals surface area contributed by atoms with Crippen molar-refractivity contribution in [3.63, 3.8) is 0 Å². The summed E-state index contributed by atoms with van der Waals surface area (Å²) in [5.41, 5.74) is 1.47. The Hall–Kier alpha value is -3.03. The van der Waals surface area contributed by atoms with Crippen LogP contribution in [0.25, 0.3) is 0 Å². The maximum absolute atomic E-state index is 12.6. The third kappa shape index (κ3) is 7.51. The van der Waals surface area contributed by atoms with Gasteiger partial charge in [0.05, 0.1) is 7.11 Å². The van der Waals surface area contributed by atoms with Gasteiger partial charge in [-0.15, -0.1) is 0 Å². The summed E-state index contributed by atoms with van der Waals surface area (Å²) in [5, 5.41) is 2.95. The molecule has 3 rings (SSSR count). The van der Waals surface area contributed by atoms with E-state index in [1.165, 1.54) is 0 Å². The van der Waals surface area contributed by atoms with Gasteiger partial charge in [-0.1, -0.05) is 24.8 Å². The van der Waals surface area contributed by atoms with Crippen molar-refractivity contribution in [2.45, 2.75) is 25.4 Å². The molecule has 1 amide bonds. The number of nitrogens with one attached hydrogen (secondary N) is 1. The first-order valence-corrected chi connectivity index (χ1v) is 11.3. The predicted molar refractivity (Wildman–Crippen MR) is 128 cm³/mol. The van der Waals surface area contributed by atoms with Crippen molar-refractivity contribution in [3.05, 3.63) is 66.2 Å². The average Bonchev–Trinajstić information content (AvgIpc) is 2.86. The molecule has 1 N–H and O–H groups in total. The van der Waals surface area contributed by atoms with E-state index < -0.39 is 0 Å². The lowest BCUT2D eigenvalue weighted by molar-refractivity contribution is 0.0392. The van der Waals surface area contributed by atoms with Crippen LogP contribution in [0.1, 0.15) is 28.8 Å². The Morgan fingerprint density at radius 1 is 1.18 bits per heavy atom. The first-order valence-electron chi connectivity index (χ1n) is 11.3. The lowest BCUT2D eigenvalue weighted by Crippen LogP contribution is -2.38. The van der Waals surface area contributed by atoms with Gasteiger partial charge in [0, 0.05) is 37.9 Å². The lowest BCUT2D eigenvalue weighted by Gasteiger charge is -2.31. The summed E-state index contributed by atoms with van der Waals surface area (Å²) in [7, 11) is 3.68. The second kappa shape index (κ2) is 12.9. The van der Waals surface area contributed by atoms with E-state index in [9.17, 15) is 4.79 Å². The van der Waals surface area contributed by atoms with E-state index in [4.69, 9.17) is 18.9 Å². The fourth-order valence-corrected chi connectivity index (χ4v) is 3.72. The molecule has 0 aliphatic carbocycles. The molecule has 2 aromatic carbocycles. The van der Waals surface area contributed by atoms with Gasteiger partial charge in [0.25, 0.3) is 5.91 Å². The molecule has 0 radical (unpaired) electrons. The van der Waals surface area contributed by atoms with Crippen molar-refractivity contribution < 1.29 is 23.7 Å². The molecule has 1 heterocycles. The van der Waals surface area contributed by atoms with Crippen LogP contribution in [0, 0.1) is 0 Å². The van der Waals surface area contributed by atoms with Gasteiger partial charge in [0.15, 0.2) is 11.5 Å². The number of likely N-dealkylation sites (N-methyl/N-ethyl adjacent to an activating group) is 1. The number of carbonyl (C=O) groups is 1. The number of nitrogens with zero attached hydrogens (tertiary/aromatic N) is 1. The minimum atomic E-state index is -0.187. The van der Waals surface area contributed by atoms with Crippen molar-refractivity contribution in [2.75, 3.05) is 47.1 Å². The number of methoxy groups -OCH3 is 1. The lowest BCUT2D eigenvalue weighted by atomic mass is 10.1. The minimum absolute atomic E-state index is 0.187. The SMILES string of the molecule is C=CCOc1ccc(C(=O)NCc2cccc(OCCN(C)C3CCOCC3)c2)cc1OC. The molecule has 0 saturated carbocycles. The highest BCUT2D eigenvalue weighted by atomic mass is 16.5. The number of amides is 1. The summed E-state index contributed by atoms with van der Waals surface area (Å²) < 4.78 is 22.3. The zero-order valence-corrected chi connectivity index (χ0v) is 19.5. The third-order valence-electron chi connectivity index (χ3n) is 5.66. The Labute approximate surface area is 196 Å². The van der Waals surface area contributed by atoms with Crippen molar-refractivity contribution >= 4 is 5.91 Å². The molecular formula is C26H34N2O5. The number of benzene rings is 2. The first kappa shape index (κ1) is 24.6. The van der Waals surface area contributed by atoms with Crippen molar-refractivity contribution in [1.82, 2.24) is 10.2 Å². The Balaban J connectivity index is 1.48. The largest absolute Gasteiger partial charge is 0.493 e. The van der Waals surface area contributed by atoms with Gasteiger partial charge in [-0.2, -0.15) is 0 Å². The van der Waals surface area contributed by atoms with Crippen LogP contribution in [-0.2, 0) is 11.3 Å². The average molecular weight is 455 g/mol. The minimum Gasteiger partial charge on any atom is -0.493 e. The molecule has 33 heavy (non-hydrogen) atoms. The maximum Gasteiger partial charge on any atom is 0.251 e. The quantitative estimate of drug-likeness (QED) is 0.494. The molecule has 0 unspecified atom stereocenters. The molecular weight excluding hydrogens is 420 g/mol. The Morgan fingerprint density at radius 3 is 2.76 bits per heavy atom. The number of hydrogen-bond acceptors (Lipinski definition) is 6. The standard InChI is InChI=1S/C26H34N2O5/c1-4-13-33-24-9-8-21(18-25(24)30-3)26(29)27-19-20-6-5-7-23(17-20)32-16-12-28(2)22-10-14-31-15-11-22/h4-9,17-18,22H,1,10-16,19H2,2-3H3,(H,27,29).